The van der Waals surface area contributed by atoms with Crippen molar-refractivity contribution >= 4 is 17.4 Å². The Labute approximate surface area is 135 Å². The summed E-state index contributed by atoms with van der Waals surface area (Å²) < 4.78 is 10.6. The van der Waals surface area contributed by atoms with E-state index < -0.39 is 0 Å². The molecule has 0 aliphatic carbocycles. The fourth-order valence-electron chi connectivity index (χ4n) is 1.95. The van der Waals surface area contributed by atoms with Crippen molar-refractivity contribution in [3.63, 3.8) is 0 Å². The number of carbonyl (C=O) groups is 2. The maximum Gasteiger partial charge on any atom is 0.227 e. The van der Waals surface area contributed by atoms with Crippen molar-refractivity contribution in [2.75, 3.05) is 19.0 Å². The van der Waals surface area contributed by atoms with Crippen molar-refractivity contribution in [2.24, 2.45) is 0 Å². The first-order chi connectivity index (χ1) is 11.1. The lowest BCUT2D eigenvalue weighted by Crippen LogP contribution is -2.15. The molecule has 2 aromatic carbocycles. The van der Waals surface area contributed by atoms with Gasteiger partial charge in [-0.25, -0.2) is 0 Å². The summed E-state index contributed by atoms with van der Waals surface area (Å²) in [7, 11) is 1.60. The molecule has 1 amide bonds. The predicted octanol–water partition coefficient (Wildman–Crippen LogP) is 3.31. The number of amides is 1. The molecule has 0 atom stereocenters. The summed E-state index contributed by atoms with van der Waals surface area (Å²) in [5.41, 5.74) is 1.27. The molecule has 2 rings (SSSR count). The fourth-order valence-corrected chi connectivity index (χ4v) is 1.95. The van der Waals surface area contributed by atoms with Crippen LogP contribution >= 0.6 is 0 Å². The summed E-state index contributed by atoms with van der Waals surface area (Å²) in [6.07, 6.45) is 0.237. The molecule has 2 aromatic rings. The Hall–Kier alpha value is -2.82. The van der Waals surface area contributed by atoms with Crippen LogP contribution in [0.2, 0.25) is 0 Å². The number of carbonyl (C=O) groups excluding carboxylic acids is 2. The maximum absolute atomic E-state index is 11.8. The zero-order valence-corrected chi connectivity index (χ0v) is 13.2. The van der Waals surface area contributed by atoms with E-state index in [9.17, 15) is 9.59 Å². The molecule has 0 aliphatic heterocycles. The minimum absolute atomic E-state index is 0.00392. The van der Waals surface area contributed by atoms with Gasteiger partial charge in [0.15, 0.2) is 5.78 Å². The average molecular weight is 313 g/mol. The first-order valence-electron chi connectivity index (χ1n) is 7.26. The Morgan fingerprint density at radius 3 is 2.13 bits per heavy atom. The SMILES string of the molecule is COc1ccc(OCCC(=O)Nc2ccc(C(C)=O)cc2)cc1. The van der Waals surface area contributed by atoms with Crippen LogP contribution in [0.4, 0.5) is 5.69 Å². The Bertz CT molecular complexity index is 662. The molecule has 120 valence electrons. The lowest BCUT2D eigenvalue weighted by molar-refractivity contribution is -0.116. The van der Waals surface area contributed by atoms with Crippen molar-refractivity contribution in [1.29, 1.82) is 0 Å². The van der Waals surface area contributed by atoms with Crippen molar-refractivity contribution in [3.05, 3.63) is 54.1 Å². The number of hydrogen-bond acceptors (Lipinski definition) is 4. The number of ether oxygens (including phenoxy) is 2. The normalized spacial score (nSPS) is 10.0. The predicted molar refractivity (Wildman–Crippen MR) is 88.2 cm³/mol. The molecule has 0 bridgehead atoms. The summed E-state index contributed by atoms with van der Waals surface area (Å²) in [6, 6.07) is 14.0. The van der Waals surface area contributed by atoms with Crippen LogP contribution in [-0.2, 0) is 4.79 Å². The van der Waals surface area contributed by atoms with Gasteiger partial charge in [-0.2, -0.15) is 0 Å². The van der Waals surface area contributed by atoms with E-state index in [0.717, 1.165) is 5.75 Å². The molecule has 0 unspecified atom stereocenters. The molecule has 0 saturated heterocycles. The number of anilines is 1. The van der Waals surface area contributed by atoms with Gasteiger partial charge >= 0.3 is 0 Å². The molecule has 5 nitrogen and oxygen atoms in total. The fraction of sp³-hybridized carbons (Fsp3) is 0.222. The lowest BCUT2D eigenvalue weighted by atomic mass is 10.1. The van der Waals surface area contributed by atoms with E-state index in [1.807, 2.05) is 0 Å². The quantitative estimate of drug-likeness (QED) is 0.797. The largest absolute Gasteiger partial charge is 0.497 e. The maximum atomic E-state index is 11.8. The molecule has 0 spiro atoms. The number of rotatable bonds is 7. The van der Waals surface area contributed by atoms with E-state index in [-0.39, 0.29) is 24.7 Å². The second kappa shape index (κ2) is 7.98. The Morgan fingerprint density at radius 2 is 1.57 bits per heavy atom. The number of benzene rings is 2. The minimum atomic E-state index is -0.144. The lowest BCUT2D eigenvalue weighted by Gasteiger charge is -2.08. The second-order valence-corrected chi connectivity index (χ2v) is 4.96. The summed E-state index contributed by atoms with van der Waals surface area (Å²) in [5, 5.41) is 2.76. The number of hydrogen-bond donors (Lipinski definition) is 1. The number of nitrogens with one attached hydrogen (secondary N) is 1. The van der Waals surface area contributed by atoms with Crippen molar-refractivity contribution < 1.29 is 19.1 Å². The van der Waals surface area contributed by atoms with Crippen LogP contribution in [0.15, 0.2) is 48.5 Å². The molecule has 0 aromatic heterocycles. The van der Waals surface area contributed by atoms with Crippen LogP contribution in [0.25, 0.3) is 0 Å². The summed E-state index contributed by atoms with van der Waals surface area (Å²) in [4.78, 5) is 23.0. The average Bonchev–Trinajstić information content (AvgIpc) is 2.56. The Morgan fingerprint density at radius 1 is 0.957 bits per heavy atom. The first-order valence-corrected chi connectivity index (χ1v) is 7.26. The Balaban J connectivity index is 1.77. The third-order valence-electron chi connectivity index (χ3n) is 3.23. The molecule has 0 fully saturated rings. The molecule has 0 saturated carbocycles. The summed E-state index contributed by atoms with van der Waals surface area (Å²) in [5.74, 6) is 1.29. The third-order valence-corrected chi connectivity index (χ3v) is 3.23. The van der Waals surface area contributed by atoms with Gasteiger partial charge < -0.3 is 14.8 Å². The van der Waals surface area contributed by atoms with E-state index in [2.05, 4.69) is 5.32 Å². The van der Waals surface area contributed by atoms with Crippen LogP contribution in [0.1, 0.15) is 23.7 Å². The smallest absolute Gasteiger partial charge is 0.227 e. The number of Topliss-reactive ketones (excluding diaryl/α,β-unsaturated/α-hetero) is 1. The van der Waals surface area contributed by atoms with Gasteiger partial charge in [0.1, 0.15) is 11.5 Å². The van der Waals surface area contributed by atoms with E-state index in [4.69, 9.17) is 9.47 Å². The van der Waals surface area contributed by atoms with Crippen LogP contribution in [0.3, 0.4) is 0 Å². The zero-order chi connectivity index (χ0) is 16.7. The molecule has 5 heteroatoms. The standard InChI is InChI=1S/C18H19NO4/c1-13(20)14-3-5-15(6-4-14)19-18(21)11-12-23-17-9-7-16(22-2)8-10-17/h3-10H,11-12H2,1-2H3,(H,19,21). The van der Waals surface area contributed by atoms with Crippen LogP contribution in [0.5, 0.6) is 11.5 Å². The third kappa shape index (κ3) is 5.14. The number of ketones is 1. The van der Waals surface area contributed by atoms with Crippen molar-refractivity contribution in [2.45, 2.75) is 13.3 Å². The van der Waals surface area contributed by atoms with Crippen LogP contribution in [0, 0.1) is 0 Å². The number of methoxy groups -OCH3 is 1. The topological polar surface area (TPSA) is 64.6 Å². The van der Waals surface area contributed by atoms with Crippen molar-refractivity contribution in [1.82, 2.24) is 0 Å². The van der Waals surface area contributed by atoms with Crippen LogP contribution in [-0.4, -0.2) is 25.4 Å². The van der Waals surface area contributed by atoms with E-state index in [1.165, 1.54) is 6.92 Å². The van der Waals surface area contributed by atoms with Crippen molar-refractivity contribution in [3.8, 4) is 11.5 Å². The Kier molecular flexibility index (Phi) is 5.74. The molecule has 0 heterocycles. The molecule has 0 radical (unpaired) electrons. The highest BCUT2D eigenvalue weighted by atomic mass is 16.5. The van der Waals surface area contributed by atoms with E-state index in [1.54, 1.807) is 55.6 Å². The highest BCUT2D eigenvalue weighted by Crippen LogP contribution is 2.17. The summed E-state index contributed by atoms with van der Waals surface area (Å²) in [6.45, 7) is 1.79. The monoisotopic (exact) mass is 313 g/mol. The summed E-state index contributed by atoms with van der Waals surface area (Å²) >= 11 is 0. The molecular weight excluding hydrogens is 294 g/mol. The van der Waals surface area contributed by atoms with Gasteiger partial charge in [0.25, 0.3) is 0 Å². The molecule has 1 N–H and O–H groups in total. The highest BCUT2D eigenvalue weighted by molar-refractivity contribution is 5.95. The van der Waals surface area contributed by atoms with Crippen LogP contribution < -0.4 is 14.8 Å². The van der Waals surface area contributed by atoms with Gasteiger partial charge in [-0.3, -0.25) is 9.59 Å². The van der Waals surface area contributed by atoms with Gasteiger partial charge in [-0.1, -0.05) is 0 Å². The first kappa shape index (κ1) is 16.5. The van der Waals surface area contributed by atoms with Gasteiger partial charge in [0.2, 0.25) is 5.91 Å². The second-order valence-electron chi connectivity index (χ2n) is 4.96. The zero-order valence-electron chi connectivity index (χ0n) is 13.2. The van der Waals surface area contributed by atoms with Gasteiger partial charge in [0, 0.05) is 11.3 Å². The van der Waals surface area contributed by atoms with Gasteiger partial charge in [-0.05, 0) is 55.5 Å². The van der Waals surface area contributed by atoms with E-state index >= 15 is 0 Å². The van der Waals surface area contributed by atoms with Gasteiger partial charge in [0.05, 0.1) is 20.1 Å². The molecule has 0 aliphatic rings. The minimum Gasteiger partial charge on any atom is -0.497 e. The molecular formula is C18H19NO4. The van der Waals surface area contributed by atoms with E-state index in [0.29, 0.717) is 17.0 Å². The highest BCUT2D eigenvalue weighted by Gasteiger charge is 2.04. The molecule has 23 heavy (non-hydrogen) atoms. The van der Waals surface area contributed by atoms with Gasteiger partial charge in [-0.15, -0.1) is 0 Å².